The highest BCUT2D eigenvalue weighted by Gasteiger charge is 2.33. The van der Waals surface area contributed by atoms with E-state index >= 15 is 0 Å². The standard InChI is InChI=1S/C15H24N4O/c1-2-15(5-3-4-6-15)9-17-14(20)12-7-11-13(8-16-12)19-10-18-11/h10,12,16H,2-9H2,1H3,(H,17,20)(H,18,19). The zero-order valence-corrected chi connectivity index (χ0v) is 12.2. The second kappa shape index (κ2) is 5.56. The van der Waals surface area contributed by atoms with Crippen LogP contribution >= 0.6 is 0 Å². The molecule has 3 rings (SSSR count). The average molecular weight is 276 g/mol. The minimum absolute atomic E-state index is 0.123. The number of fused-ring (bicyclic) bond motifs is 1. The second-order valence-electron chi connectivity index (χ2n) is 6.24. The van der Waals surface area contributed by atoms with Crippen molar-refractivity contribution in [1.29, 1.82) is 0 Å². The van der Waals surface area contributed by atoms with Crippen molar-refractivity contribution in [2.45, 2.75) is 58.0 Å². The van der Waals surface area contributed by atoms with Crippen LogP contribution in [0.25, 0.3) is 0 Å². The van der Waals surface area contributed by atoms with Crippen LogP contribution in [-0.2, 0) is 17.8 Å². The van der Waals surface area contributed by atoms with Crippen molar-refractivity contribution < 1.29 is 4.79 Å². The van der Waals surface area contributed by atoms with Gasteiger partial charge in [-0.2, -0.15) is 0 Å². The van der Waals surface area contributed by atoms with Crippen LogP contribution in [0.2, 0.25) is 0 Å². The Hall–Kier alpha value is -1.36. The fraction of sp³-hybridized carbons (Fsp3) is 0.733. The Morgan fingerprint density at radius 1 is 1.50 bits per heavy atom. The van der Waals surface area contributed by atoms with Gasteiger partial charge in [0.15, 0.2) is 0 Å². The highest BCUT2D eigenvalue weighted by molar-refractivity contribution is 5.82. The van der Waals surface area contributed by atoms with Crippen molar-refractivity contribution in [3.05, 3.63) is 17.7 Å². The molecule has 1 fully saturated rings. The van der Waals surface area contributed by atoms with Gasteiger partial charge in [-0.25, -0.2) is 4.98 Å². The minimum atomic E-state index is -0.138. The van der Waals surface area contributed by atoms with E-state index in [1.807, 2.05) is 0 Å². The van der Waals surface area contributed by atoms with Gasteiger partial charge in [-0.05, 0) is 24.7 Å². The summed E-state index contributed by atoms with van der Waals surface area (Å²) in [6.45, 7) is 3.77. The summed E-state index contributed by atoms with van der Waals surface area (Å²) >= 11 is 0. The van der Waals surface area contributed by atoms with Gasteiger partial charge in [0.25, 0.3) is 0 Å². The van der Waals surface area contributed by atoms with Crippen molar-refractivity contribution >= 4 is 5.91 Å². The maximum atomic E-state index is 12.3. The molecule has 1 atom stereocenters. The van der Waals surface area contributed by atoms with Gasteiger partial charge in [0.2, 0.25) is 5.91 Å². The Bertz CT molecular complexity index is 476. The van der Waals surface area contributed by atoms with Crippen molar-refractivity contribution in [3.63, 3.8) is 0 Å². The molecule has 5 heteroatoms. The largest absolute Gasteiger partial charge is 0.354 e. The lowest BCUT2D eigenvalue weighted by atomic mass is 9.83. The summed E-state index contributed by atoms with van der Waals surface area (Å²) in [6.07, 6.45) is 8.68. The van der Waals surface area contributed by atoms with E-state index in [0.29, 0.717) is 18.4 Å². The third kappa shape index (κ3) is 2.59. The van der Waals surface area contributed by atoms with Crippen LogP contribution in [0, 0.1) is 5.41 Å². The molecule has 110 valence electrons. The maximum Gasteiger partial charge on any atom is 0.237 e. The number of H-pyrrole nitrogens is 1. The molecule has 1 aromatic heterocycles. The van der Waals surface area contributed by atoms with E-state index in [9.17, 15) is 4.79 Å². The molecule has 1 unspecified atom stereocenters. The van der Waals surface area contributed by atoms with Crippen LogP contribution in [0.1, 0.15) is 50.4 Å². The van der Waals surface area contributed by atoms with Crippen LogP contribution in [0.5, 0.6) is 0 Å². The summed E-state index contributed by atoms with van der Waals surface area (Å²) in [4.78, 5) is 19.7. The summed E-state index contributed by atoms with van der Waals surface area (Å²) < 4.78 is 0. The number of nitrogens with one attached hydrogen (secondary N) is 3. The number of imidazole rings is 1. The Kier molecular flexibility index (Phi) is 3.78. The molecule has 5 nitrogen and oxygen atoms in total. The lowest BCUT2D eigenvalue weighted by Crippen LogP contribution is -2.49. The molecule has 20 heavy (non-hydrogen) atoms. The summed E-state index contributed by atoms with van der Waals surface area (Å²) in [6, 6.07) is -0.138. The van der Waals surface area contributed by atoms with Gasteiger partial charge >= 0.3 is 0 Å². The van der Waals surface area contributed by atoms with Gasteiger partial charge < -0.3 is 10.3 Å². The van der Waals surface area contributed by atoms with E-state index in [0.717, 1.165) is 24.4 Å². The van der Waals surface area contributed by atoms with Gasteiger partial charge in [0.1, 0.15) is 0 Å². The normalized spacial score (nSPS) is 24.4. The monoisotopic (exact) mass is 276 g/mol. The molecule has 1 aromatic rings. The zero-order valence-electron chi connectivity index (χ0n) is 12.2. The Morgan fingerprint density at radius 2 is 2.30 bits per heavy atom. The van der Waals surface area contributed by atoms with Crippen molar-refractivity contribution in [2.24, 2.45) is 5.41 Å². The van der Waals surface area contributed by atoms with E-state index in [4.69, 9.17) is 0 Å². The van der Waals surface area contributed by atoms with E-state index in [2.05, 4.69) is 27.5 Å². The lowest BCUT2D eigenvalue weighted by molar-refractivity contribution is -0.123. The molecule has 0 saturated heterocycles. The Balaban J connectivity index is 1.55. The molecule has 2 aliphatic rings. The highest BCUT2D eigenvalue weighted by Crippen LogP contribution is 2.40. The fourth-order valence-electron chi connectivity index (χ4n) is 3.53. The van der Waals surface area contributed by atoms with E-state index in [1.165, 1.54) is 25.7 Å². The first-order valence-corrected chi connectivity index (χ1v) is 7.75. The number of carbonyl (C=O) groups is 1. The van der Waals surface area contributed by atoms with E-state index in [1.54, 1.807) is 6.33 Å². The molecule has 0 spiro atoms. The molecule has 1 saturated carbocycles. The number of hydrogen-bond donors (Lipinski definition) is 3. The first-order valence-electron chi connectivity index (χ1n) is 7.75. The SMILES string of the molecule is CCC1(CNC(=O)C2Cc3nc[nH]c3CN2)CCCC1. The van der Waals surface area contributed by atoms with Crippen molar-refractivity contribution in [3.8, 4) is 0 Å². The van der Waals surface area contributed by atoms with Crippen molar-refractivity contribution in [2.75, 3.05) is 6.54 Å². The van der Waals surface area contributed by atoms with Gasteiger partial charge in [-0.3, -0.25) is 10.1 Å². The molecule has 1 aliphatic heterocycles. The smallest absolute Gasteiger partial charge is 0.237 e. The minimum Gasteiger partial charge on any atom is -0.354 e. The first kappa shape index (κ1) is 13.6. The average Bonchev–Trinajstić information content (AvgIpc) is 3.13. The van der Waals surface area contributed by atoms with Crippen molar-refractivity contribution in [1.82, 2.24) is 20.6 Å². The number of hydrogen-bond acceptors (Lipinski definition) is 3. The number of aromatic amines is 1. The Labute approximate surface area is 119 Å². The molecule has 3 N–H and O–H groups in total. The third-order valence-electron chi connectivity index (χ3n) is 5.10. The Morgan fingerprint density at radius 3 is 3.05 bits per heavy atom. The summed E-state index contributed by atoms with van der Waals surface area (Å²) in [7, 11) is 0. The second-order valence-corrected chi connectivity index (χ2v) is 6.24. The molecule has 0 aromatic carbocycles. The van der Waals surface area contributed by atoms with Crippen LogP contribution < -0.4 is 10.6 Å². The molecular weight excluding hydrogens is 252 g/mol. The van der Waals surface area contributed by atoms with Gasteiger partial charge in [-0.15, -0.1) is 0 Å². The van der Waals surface area contributed by atoms with Crippen LogP contribution in [0.4, 0.5) is 0 Å². The maximum absolute atomic E-state index is 12.3. The number of carbonyl (C=O) groups excluding carboxylic acids is 1. The summed E-state index contributed by atoms with van der Waals surface area (Å²) in [5, 5.41) is 6.45. The van der Waals surface area contributed by atoms with Gasteiger partial charge in [0, 0.05) is 19.5 Å². The summed E-state index contributed by atoms with van der Waals surface area (Å²) in [5.41, 5.74) is 2.48. The number of amides is 1. The predicted molar refractivity (Wildman–Crippen MR) is 77.1 cm³/mol. The van der Waals surface area contributed by atoms with Crippen LogP contribution in [0.15, 0.2) is 6.33 Å². The topological polar surface area (TPSA) is 69.8 Å². The molecular formula is C15H24N4O. The number of aromatic nitrogens is 2. The molecule has 0 radical (unpaired) electrons. The van der Waals surface area contributed by atoms with Crippen LogP contribution in [-0.4, -0.2) is 28.5 Å². The van der Waals surface area contributed by atoms with Gasteiger partial charge in [-0.1, -0.05) is 19.8 Å². The molecule has 1 amide bonds. The molecule has 1 aliphatic carbocycles. The van der Waals surface area contributed by atoms with Gasteiger partial charge in [0.05, 0.1) is 23.8 Å². The van der Waals surface area contributed by atoms with E-state index in [-0.39, 0.29) is 11.9 Å². The third-order valence-corrected chi connectivity index (χ3v) is 5.10. The number of nitrogens with zero attached hydrogens (tertiary/aromatic N) is 1. The predicted octanol–water partition coefficient (Wildman–Crippen LogP) is 1.51. The quantitative estimate of drug-likeness (QED) is 0.781. The molecule has 0 bridgehead atoms. The van der Waals surface area contributed by atoms with E-state index < -0.39 is 0 Å². The lowest BCUT2D eigenvalue weighted by Gasteiger charge is -2.29. The first-order chi connectivity index (χ1) is 9.72. The van der Waals surface area contributed by atoms with Crippen LogP contribution in [0.3, 0.4) is 0 Å². The summed E-state index contributed by atoms with van der Waals surface area (Å²) in [5.74, 6) is 0.123. The number of rotatable bonds is 4. The molecule has 2 heterocycles. The fourth-order valence-corrected chi connectivity index (χ4v) is 3.53. The highest BCUT2D eigenvalue weighted by atomic mass is 16.2. The zero-order chi connectivity index (χ0) is 14.0.